The fourth-order valence-corrected chi connectivity index (χ4v) is 14.6. The second-order valence-electron chi connectivity index (χ2n) is 28.4. The summed E-state index contributed by atoms with van der Waals surface area (Å²) < 4.78 is 105. The highest BCUT2D eigenvalue weighted by Crippen LogP contribution is 2.49. The minimum Gasteiger partial charge on any atom is -0.481 e. The van der Waals surface area contributed by atoms with Crippen LogP contribution in [-0.2, 0) is 102 Å². The minimum absolute atomic E-state index is 0.0176. The van der Waals surface area contributed by atoms with E-state index < -0.39 is 90.0 Å². The summed E-state index contributed by atoms with van der Waals surface area (Å²) in [4.78, 5) is 128. The number of aliphatic carboxylic acids is 2. The van der Waals surface area contributed by atoms with E-state index in [1.807, 2.05) is 82.3 Å². The summed E-state index contributed by atoms with van der Waals surface area (Å²) in [5.41, 5.74) is 18.6. The molecule has 0 radical (unpaired) electrons. The summed E-state index contributed by atoms with van der Waals surface area (Å²) in [5, 5.41) is 28.8. The zero-order valence-corrected chi connectivity index (χ0v) is 67.8. The Morgan fingerprint density at radius 1 is 0.678 bits per heavy atom. The van der Waals surface area contributed by atoms with Gasteiger partial charge in [-0.3, -0.25) is 38.1 Å². The van der Waals surface area contributed by atoms with E-state index in [1.165, 1.54) is 12.1 Å². The van der Waals surface area contributed by atoms with E-state index >= 15 is 0 Å². The molecule has 2 aliphatic heterocycles. The van der Waals surface area contributed by atoms with Gasteiger partial charge in [0.1, 0.15) is 29.9 Å². The van der Waals surface area contributed by atoms with E-state index in [0.717, 1.165) is 94.7 Å². The normalized spacial score (nSPS) is 15.3. The molecule has 32 nitrogen and oxygen atoms in total. The quantitative estimate of drug-likeness (QED) is 0.00652. The third kappa shape index (κ3) is 31.8. The average molecular weight is 1660 g/mol. The lowest BCUT2D eigenvalue weighted by Crippen LogP contribution is -2.46. The number of carbonyl (C=O) groups excluding carboxylic acids is 9. The summed E-state index contributed by atoms with van der Waals surface area (Å²) in [6.07, 6.45) is 17.1. The van der Waals surface area contributed by atoms with Crippen LogP contribution >= 0.6 is 0 Å². The lowest BCUT2D eigenvalue weighted by molar-refractivity contribution is -0.438. The number of nitrogens with one attached hydrogen (secondary N) is 4. The molecule has 2 heterocycles. The van der Waals surface area contributed by atoms with Crippen LogP contribution in [0.5, 0.6) is 5.75 Å². The number of benzene rings is 4. The predicted molar refractivity (Wildman–Crippen MR) is 422 cm³/mol. The Balaban J connectivity index is 0.00000263. The number of guanidine groups is 1. The van der Waals surface area contributed by atoms with Crippen molar-refractivity contribution in [3.63, 3.8) is 0 Å². The highest BCUT2D eigenvalue weighted by atomic mass is 32.2. The first-order valence-electron chi connectivity index (χ1n) is 37.6. The van der Waals surface area contributed by atoms with Gasteiger partial charge in [-0.25, -0.2) is 9.59 Å². The van der Waals surface area contributed by atoms with Gasteiger partial charge in [0, 0.05) is 105 Å². The number of anilines is 1. The number of amides is 4. The number of aliphatic imine (C=N–C) groups is 1. The number of nitrogens with zero attached hydrogens (tertiary/aromatic N) is 3. The highest BCUT2D eigenvalue weighted by molar-refractivity contribution is 7.86. The van der Waals surface area contributed by atoms with Gasteiger partial charge in [-0.15, -0.1) is 12.6 Å². The Bertz CT molecular complexity index is 4680. The van der Waals surface area contributed by atoms with E-state index in [1.54, 1.807) is 24.3 Å². The van der Waals surface area contributed by atoms with Gasteiger partial charge in [-0.1, -0.05) is 89.1 Å². The van der Waals surface area contributed by atoms with Crippen LogP contribution in [0.1, 0.15) is 186 Å². The molecule has 115 heavy (non-hydrogen) atoms. The van der Waals surface area contributed by atoms with Crippen molar-refractivity contribution in [3.05, 3.63) is 160 Å². The zero-order valence-electron chi connectivity index (χ0n) is 65.4. The van der Waals surface area contributed by atoms with Crippen LogP contribution < -0.4 is 42.4 Å². The van der Waals surface area contributed by atoms with Gasteiger partial charge >= 0.3 is 40.9 Å². The number of allylic oxidation sites excluding steroid dienone is 7. The van der Waals surface area contributed by atoms with Crippen molar-refractivity contribution in [2.45, 2.75) is 209 Å². The van der Waals surface area contributed by atoms with E-state index in [2.05, 4.69) is 73.9 Å². The summed E-state index contributed by atoms with van der Waals surface area (Å²) in [6.45, 7) is 14.3. The average Bonchev–Trinajstić information content (AvgIpc) is 1.59. The summed E-state index contributed by atoms with van der Waals surface area (Å²) >= 11 is 0. The zero-order chi connectivity index (χ0) is 85.6. The molecule has 0 unspecified atom stereocenters. The SMILES string of the molecule is CCCCC[N+]1=C(/C=C/C2=C(Oc3ccc(CCNC(=O)[C@H](CCCN=C(N)N)CC(=O)[C@H](Cc4ccccc4)NC(=O)CCCCC(=O)CCCNC(=O)N[C@H](CCC(=O)O)C(=O)O)cc3)C(=C/C=C3/N(CCCC)c4ccc(S(=O)(=O)O)cc4C3(C)C)/CCC2)C(C)(C)c2cc(S(=O)(=O)O)ccc21.O=C=O.O=C=O.O=S(=O)=O. The molecule has 0 saturated heterocycles. The molecular formula is C80H104N9O23S3+. The molecule has 624 valence electrons. The molecule has 0 saturated carbocycles. The van der Waals surface area contributed by atoms with Crippen molar-refractivity contribution in [2.24, 2.45) is 22.4 Å². The number of carboxylic acid groups (broad SMARTS) is 2. The fourth-order valence-electron chi connectivity index (χ4n) is 13.5. The summed E-state index contributed by atoms with van der Waals surface area (Å²) in [7, 11) is -12.1. The summed E-state index contributed by atoms with van der Waals surface area (Å²) in [6, 6.07) is 23.1. The lowest BCUT2D eigenvalue weighted by atomic mass is 9.81. The molecule has 3 atom stereocenters. The van der Waals surface area contributed by atoms with Crippen molar-refractivity contribution in [3.8, 4) is 5.75 Å². The molecule has 0 aromatic heterocycles. The van der Waals surface area contributed by atoms with E-state index in [0.29, 0.717) is 63.1 Å². The van der Waals surface area contributed by atoms with Gasteiger partial charge in [0.05, 0.1) is 21.2 Å². The van der Waals surface area contributed by atoms with Crippen LogP contribution in [-0.4, -0.2) is 163 Å². The Morgan fingerprint density at radius 2 is 1.30 bits per heavy atom. The van der Waals surface area contributed by atoms with Crippen molar-refractivity contribution in [1.82, 2.24) is 21.3 Å². The number of hydrogen-bond donors (Lipinski definition) is 10. The second-order valence-corrected chi connectivity index (χ2v) is 31.7. The maximum atomic E-state index is 14.4. The number of fused-ring (bicyclic) bond motifs is 2. The number of Topliss-reactive ketones (excluding diaryl/α,β-unsaturated/α-hetero) is 2. The van der Waals surface area contributed by atoms with Crippen LogP contribution in [0.4, 0.5) is 16.2 Å². The van der Waals surface area contributed by atoms with E-state index in [4.69, 9.17) is 53.1 Å². The predicted octanol–water partition coefficient (Wildman–Crippen LogP) is 8.60. The van der Waals surface area contributed by atoms with Crippen molar-refractivity contribution >= 4 is 108 Å². The van der Waals surface area contributed by atoms with E-state index in [-0.39, 0.29) is 117 Å². The molecule has 4 aromatic rings. The molecule has 0 bridgehead atoms. The minimum atomic E-state index is -4.49. The first-order valence-corrected chi connectivity index (χ1v) is 41.5. The number of nitrogens with two attached hydrogens (primary N) is 2. The number of unbranched alkanes of at least 4 members (excludes halogenated alkanes) is 4. The van der Waals surface area contributed by atoms with Crippen molar-refractivity contribution < 1.29 is 111 Å². The third-order valence-electron chi connectivity index (χ3n) is 19.4. The largest absolute Gasteiger partial charge is 0.481 e. The number of rotatable bonds is 42. The molecule has 0 fully saturated rings. The number of urea groups is 1. The maximum absolute atomic E-state index is 14.4. The Morgan fingerprint density at radius 3 is 1.90 bits per heavy atom. The Labute approximate surface area is 671 Å². The molecule has 0 spiro atoms. The molecule has 1 aliphatic carbocycles. The van der Waals surface area contributed by atoms with Crippen molar-refractivity contribution in [2.75, 3.05) is 37.6 Å². The van der Waals surface area contributed by atoms with Crippen LogP contribution in [0, 0.1) is 5.92 Å². The Hall–Kier alpha value is -10.9. The van der Waals surface area contributed by atoms with Crippen LogP contribution in [0.3, 0.4) is 0 Å². The first-order chi connectivity index (χ1) is 54.4. The smallest absolute Gasteiger partial charge is 0.425 e. The van der Waals surface area contributed by atoms with Gasteiger partial charge in [0.2, 0.25) is 17.5 Å². The van der Waals surface area contributed by atoms with Crippen LogP contribution in [0.25, 0.3) is 0 Å². The highest BCUT2D eigenvalue weighted by Gasteiger charge is 2.45. The van der Waals surface area contributed by atoms with Gasteiger partial charge in [0.15, 0.2) is 17.5 Å². The monoisotopic (exact) mass is 1650 g/mol. The van der Waals surface area contributed by atoms with Crippen LogP contribution in [0.2, 0.25) is 0 Å². The first kappa shape index (κ1) is 96.4. The van der Waals surface area contributed by atoms with Gasteiger partial charge in [0.25, 0.3) is 20.2 Å². The van der Waals surface area contributed by atoms with Gasteiger partial charge in [-0.2, -0.15) is 40.6 Å². The number of carbonyl (C=O) groups is 7. The number of ketones is 2. The lowest BCUT2D eigenvalue weighted by Gasteiger charge is -2.27. The summed E-state index contributed by atoms with van der Waals surface area (Å²) in [5.74, 6) is -3.55. The molecular weight excluding hydrogens is 1550 g/mol. The fraction of sp³-hybridized carbons (Fsp3) is 0.463. The van der Waals surface area contributed by atoms with Crippen LogP contribution in [0.15, 0.2) is 153 Å². The maximum Gasteiger partial charge on any atom is 0.425 e. The number of ether oxygens (including phenoxy) is 1. The molecule has 12 N–H and O–H groups in total. The van der Waals surface area contributed by atoms with Gasteiger partial charge in [-0.05, 0) is 180 Å². The number of carboxylic acids is 2. The topological polar surface area (TPSA) is 516 Å². The molecule has 4 aromatic carbocycles. The molecule has 35 heteroatoms. The third-order valence-corrected chi connectivity index (χ3v) is 21.1. The standard InChI is InChI=1S/C78H103N9O16S2.2CO2.O3S/c1-7-9-16-47-87-66-38-35-60(105(100,101)102)51-62(66)78(5,6)69(87)40-31-55-23-17-22-54(30-39-68-77(3,4)61-50-59(104(97,98)99)34-37-65(61)86(68)46-10-8-2)72(55)103-58-32-28-52(29-33-58)42-45-81-73(93)56(24-18-43-82-75(79)80)49-67(89)64(48-53-20-12-11-13-21-53)84-70(90)27-15-14-25-57(88)26-19-44-83-76(96)85-63(74(94)95)36-41-71(91)92;2*2-1-3;1-4(2)3/h11-13,20-21,28-35,37-40,50-51,56,63-64H,7-10,14-19,22-27,36,41-49H2,1-6H3,(H11-,79,80,81,82,83,84,85,90,91,92,93,94,95,96,97,98,99,100,101,102);;;/p+1/t56-,63-,64+;;;/m1.../s1. The van der Waals surface area contributed by atoms with Gasteiger partial charge < -0.3 is 52.6 Å². The second kappa shape index (κ2) is 47.7. The van der Waals surface area contributed by atoms with Crippen molar-refractivity contribution in [1.29, 1.82) is 0 Å². The molecule has 4 amide bonds. The number of hydrogen-bond acceptors (Lipinski definition) is 21. The van der Waals surface area contributed by atoms with E-state index in [9.17, 15) is 64.6 Å². The molecule has 3 aliphatic rings. The molecule has 7 rings (SSSR count). The Kier molecular flexibility index (Phi) is 40.0.